The Balaban J connectivity index is 1.87. The first-order valence-corrected chi connectivity index (χ1v) is 10.8. The van der Waals surface area contributed by atoms with Gasteiger partial charge in [0, 0.05) is 22.3 Å². The summed E-state index contributed by atoms with van der Waals surface area (Å²) in [4.78, 5) is 27.3. The first-order valence-electron chi connectivity index (χ1n) is 10.1. The largest absolute Gasteiger partial charge is 0.497 e. The lowest BCUT2D eigenvalue weighted by molar-refractivity contribution is -0.121. The Hall–Kier alpha value is -3.22. The molecule has 1 aliphatic rings. The summed E-state index contributed by atoms with van der Waals surface area (Å²) in [7, 11) is 3.12. The number of carboxylic acids is 1. The van der Waals surface area contributed by atoms with Crippen LogP contribution in [-0.4, -0.2) is 31.2 Å². The van der Waals surface area contributed by atoms with E-state index in [2.05, 4.69) is 0 Å². The molecule has 170 valence electrons. The maximum atomic E-state index is 14.0. The van der Waals surface area contributed by atoms with Crippen LogP contribution in [0.25, 0.3) is 0 Å². The van der Waals surface area contributed by atoms with Gasteiger partial charge in [-0.15, -0.1) is 0 Å². The van der Waals surface area contributed by atoms with Crippen molar-refractivity contribution < 1.29 is 24.2 Å². The van der Waals surface area contributed by atoms with Gasteiger partial charge in [0.2, 0.25) is 5.91 Å². The van der Waals surface area contributed by atoms with Gasteiger partial charge in [-0.25, -0.2) is 4.79 Å². The molecular formula is C25H21Cl2NO5. The number of rotatable bonds is 6. The second kappa shape index (κ2) is 8.61. The van der Waals surface area contributed by atoms with Crippen LogP contribution < -0.4 is 14.4 Å². The molecule has 0 saturated carbocycles. The van der Waals surface area contributed by atoms with Gasteiger partial charge in [-0.3, -0.25) is 4.79 Å². The van der Waals surface area contributed by atoms with Gasteiger partial charge in [0.1, 0.15) is 16.9 Å². The lowest BCUT2D eigenvalue weighted by atomic mass is 9.76. The molecule has 0 saturated heterocycles. The number of nitrogens with zero attached hydrogens (tertiary/aromatic N) is 1. The zero-order valence-corrected chi connectivity index (χ0v) is 19.7. The Bertz CT molecular complexity index is 1280. The lowest BCUT2D eigenvalue weighted by Gasteiger charge is -2.27. The Morgan fingerprint density at radius 2 is 1.79 bits per heavy atom. The summed E-state index contributed by atoms with van der Waals surface area (Å²) in [5, 5.41) is 10.0. The molecule has 1 aliphatic heterocycles. The molecule has 0 aliphatic carbocycles. The third-order valence-electron chi connectivity index (χ3n) is 6.05. The maximum Gasteiger partial charge on any atom is 0.337 e. The minimum atomic E-state index is -1.23. The number of halogens is 2. The van der Waals surface area contributed by atoms with E-state index < -0.39 is 11.4 Å². The van der Waals surface area contributed by atoms with E-state index in [9.17, 15) is 14.7 Å². The molecule has 1 N–H and O–H groups in total. The van der Waals surface area contributed by atoms with Gasteiger partial charge >= 0.3 is 5.97 Å². The van der Waals surface area contributed by atoms with Crippen molar-refractivity contribution >= 4 is 40.8 Å². The number of aromatic carboxylic acids is 1. The monoisotopic (exact) mass is 485 g/mol. The Labute approximate surface area is 201 Å². The molecule has 33 heavy (non-hydrogen) atoms. The van der Waals surface area contributed by atoms with Crippen LogP contribution in [0.1, 0.15) is 34.0 Å². The van der Waals surface area contributed by atoms with Crippen molar-refractivity contribution in [2.75, 3.05) is 19.1 Å². The van der Waals surface area contributed by atoms with Crippen LogP contribution in [0.2, 0.25) is 10.0 Å². The average Bonchev–Trinajstić information content (AvgIpc) is 3.01. The Kier molecular flexibility index (Phi) is 5.99. The summed E-state index contributed by atoms with van der Waals surface area (Å²) >= 11 is 12.8. The molecule has 6 nitrogen and oxygen atoms in total. The number of ether oxygens (including phenoxy) is 2. The number of benzene rings is 3. The molecule has 4 rings (SSSR count). The van der Waals surface area contributed by atoms with Crippen molar-refractivity contribution in [2.45, 2.75) is 18.9 Å². The average molecular weight is 486 g/mol. The molecular weight excluding hydrogens is 465 g/mol. The lowest BCUT2D eigenvalue weighted by Crippen LogP contribution is -2.39. The van der Waals surface area contributed by atoms with E-state index in [1.165, 1.54) is 6.07 Å². The highest BCUT2D eigenvalue weighted by molar-refractivity contribution is 6.35. The number of carbonyl (C=O) groups excluding carboxylic acids is 1. The van der Waals surface area contributed by atoms with Crippen LogP contribution in [-0.2, 0) is 16.8 Å². The third kappa shape index (κ3) is 3.69. The van der Waals surface area contributed by atoms with Crippen molar-refractivity contribution in [3.05, 3.63) is 86.9 Å². The SMILES string of the molecule is COc1ccc(CN2C(=O)[C@](C)(c3cccc(C(=O)O)c3Cl)c3cc(Cl)ccc32)c(OC)c1. The second-order valence-electron chi connectivity index (χ2n) is 7.83. The molecule has 1 heterocycles. The van der Waals surface area contributed by atoms with Gasteiger partial charge in [0.15, 0.2) is 0 Å². The fourth-order valence-electron chi connectivity index (χ4n) is 4.29. The maximum absolute atomic E-state index is 14.0. The van der Waals surface area contributed by atoms with E-state index >= 15 is 0 Å². The van der Waals surface area contributed by atoms with Crippen LogP contribution in [0.4, 0.5) is 5.69 Å². The van der Waals surface area contributed by atoms with Crippen molar-refractivity contribution in [2.24, 2.45) is 0 Å². The topological polar surface area (TPSA) is 76.1 Å². The van der Waals surface area contributed by atoms with Gasteiger partial charge < -0.3 is 19.5 Å². The molecule has 0 unspecified atom stereocenters. The molecule has 0 fully saturated rings. The molecule has 0 aromatic heterocycles. The zero-order valence-electron chi connectivity index (χ0n) is 18.2. The van der Waals surface area contributed by atoms with E-state index in [1.807, 2.05) is 6.07 Å². The van der Waals surface area contributed by atoms with Crippen molar-refractivity contribution in [3.63, 3.8) is 0 Å². The van der Waals surface area contributed by atoms with Gasteiger partial charge in [-0.1, -0.05) is 35.3 Å². The van der Waals surface area contributed by atoms with E-state index in [4.69, 9.17) is 32.7 Å². The van der Waals surface area contributed by atoms with E-state index in [0.717, 1.165) is 5.56 Å². The summed E-state index contributed by atoms with van der Waals surface area (Å²) < 4.78 is 10.8. The zero-order chi connectivity index (χ0) is 23.9. The summed E-state index contributed by atoms with van der Waals surface area (Å²) in [5.41, 5.74) is 1.20. The van der Waals surface area contributed by atoms with Crippen LogP contribution in [0.3, 0.4) is 0 Å². The molecule has 8 heteroatoms. The number of amides is 1. The Morgan fingerprint density at radius 1 is 1.03 bits per heavy atom. The Morgan fingerprint density at radius 3 is 2.45 bits per heavy atom. The highest BCUT2D eigenvalue weighted by Crippen LogP contribution is 2.50. The molecule has 1 atom stereocenters. The van der Waals surface area contributed by atoms with E-state index in [-0.39, 0.29) is 23.0 Å². The number of carbonyl (C=O) groups is 2. The van der Waals surface area contributed by atoms with Crippen LogP contribution >= 0.6 is 23.2 Å². The van der Waals surface area contributed by atoms with Crippen molar-refractivity contribution in [1.82, 2.24) is 0 Å². The molecule has 0 spiro atoms. The number of anilines is 1. The first-order chi connectivity index (χ1) is 15.7. The normalized spacial score (nSPS) is 17.1. The highest BCUT2D eigenvalue weighted by atomic mass is 35.5. The third-order valence-corrected chi connectivity index (χ3v) is 6.69. The van der Waals surface area contributed by atoms with Gasteiger partial charge in [0.25, 0.3) is 0 Å². The van der Waals surface area contributed by atoms with E-state index in [1.54, 1.807) is 68.5 Å². The molecule has 3 aromatic carbocycles. The van der Waals surface area contributed by atoms with Gasteiger partial charge in [-0.2, -0.15) is 0 Å². The number of fused-ring (bicyclic) bond motifs is 1. The first kappa shape index (κ1) is 23.0. The highest BCUT2D eigenvalue weighted by Gasteiger charge is 2.50. The predicted octanol–water partition coefficient (Wildman–Crippen LogP) is 5.56. The molecule has 1 amide bonds. The van der Waals surface area contributed by atoms with Gasteiger partial charge in [0.05, 0.1) is 31.4 Å². The number of carboxylic acid groups (broad SMARTS) is 1. The number of methoxy groups -OCH3 is 2. The number of hydrogen-bond donors (Lipinski definition) is 1. The van der Waals surface area contributed by atoms with Crippen molar-refractivity contribution in [3.8, 4) is 11.5 Å². The van der Waals surface area contributed by atoms with Crippen LogP contribution in [0.15, 0.2) is 54.6 Å². The van der Waals surface area contributed by atoms with Crippen molar-refractivity contribution in [1.29, 1.82) is 0 Å². The number of hydrogen-bond acceptors (Lipinski definition) is 4. The molecule has 3 aromatic rings. The minimum absolute atomic E-state index is 0.0238. The summed E-state index contributed by atoms with van der Waals surface area (Å²) in [5.74, 6) is -0.195. The second-order valence-corrected chi connectivity index (χ2v) is 8.64. The fourth-order valence-corrected chi connectivity index (χ4v) is 4.86. The standard InChI is InChI=1S/C25H21Cl2NO5/c1-25(18-6-4-5-17(22(18)27)23(29)30)19-11-15(26)8-10-20(19)28(24(25)31)13-14-7-9-16(32-2)12-21(14)33-3/h4-12H,13H2,1-3H3,(H,29,30)/t25-/m1/s1. The summed E-state index contributed by atoms with van der Waals surface area (Å²) in [6.07, 6.45) is 0. The quantitative estimate of drug-likeness (QED) is 0.494. The smallest absolute Gasteiger partial charge is 0.337 e. The fraction of sp³-hybridized carbons (Fsp3) is 0.200. The predicted molar refractivity (Wildman–Crippen MR) is 127 cm³/mol. The molecule has 0 bridgehead atoms. The van der Waals surface area contributed by atoms with Gasteiger partial charge in [-0.05, 0) is 54.4 Å². The molecule has 0 radical (unpaired) electrons. The summed E-state index contributed by atoms with van der Waals surface area (Å²) in [6.45, 7) is 1.97. The van der Waals surface area contributed by atoms with Crippen LogP contribution in [0, 0.1) is 0 Å². The van der Waals surface area contributed by atoms with Crippen LogP contribution in [0.5, 0.6) is 11.5 Å². The minimum Gasteiger partial charge on any atom is -0.497 e. The summed E-state index contributed by atoms with van der Waals surface area (Å²) in [6, 6.07) is 15.3. The van der Waals surface area contributed by atoms with E-state index in [0.29, 0.717) is 33.3 Å².